The fraction of sp³-hybridized carbons (Fsp3) is 0.415. The van der Waals surface area contributed by atoms with Crippen molar-refractivity contribution in [2.75, 3.05) is 69.7 Å². The van der Waals surface area contributed by atoms with Crippen molar-refractivity contribution in [1.29, 1.82) is 0 Å². The molecule has 0 aliphatic carbocycles. The van der Waals surface area contributed by atoms with E-state index in [1.165, 1.54) is 44.5 Å². The van der Waals surface area contributed by atoms with E-state index in [9.17, 15) is 0 Å². The van der Waals surface area contributed by atoms with Crippen molar-refractivity contribution in [3.8, 4) is 34.5 Å². The van der Waals surface area contributed by atoms with Crippen molar-refractivity contribution >= 4 is 0 Å². The van der Waals surface area contributed by atoms with Crippen LogP contribution in [0.2, 0.25) is 0 Å². The molecule has 4 aromatic carbocycles. The van der Waals surface area contributed by atoms with Gasteiger partial charge in [-0.05, 0) is 58.1 Å². The smallest absolute Gasteiger partial charge is 0.170 e. The van der Waals surface area contributed by atoms with Gasteiger partial charge in [-0.2, -0.15) is 0 Å². The molecule has 8 rings (SSSR count). The van der Waals surface area contributed by atoms with Gasteiger partial charge in [0.05, 0.1) is 69.7 Å². The summed E-state index contributed by atoms with van der Waals surface area (Å²) in [6, 6.07) is 22.7. The van der Waals surface area contributed by atoms with Crippen molar-refractivity contribution in [2.24, 2.45) is 0 Å². The summed E-state index contributed by atoms with van der Waals surface area (Å²) >= 11 is 0. The fourth-order valence-electron chi connectivity index (χ4n) is 8.37. The molecule has 0 amide bonds. The maximum Gasteiger partial charge on any atom is 0.170 e. The van der Waals surface area contributed by atoms with Crippen LogP contribution in [0, 0.1) is 0 Å². The van der Waals surface area contributed by atoms with E-state index < -0.39 is 0 Å². The molecule has 4 aliphatic heterocycles. The first kappa shape index (κ1) is 32.4. The van der Waals surface area contributed by atoms with Crippen LogP contribution in [0.4, 0.5) is 0 Å². The van der Waals surface area contributed by atoms with Gasteiger partial charge in [-0.1, -0.05) is 30.3 Å². The Kier molecular flexibility index (Phi) is 8.33. The Labute approximate surface area is 285 Å². The summed E-state index contributed by atoms with van der Waals surface area (Å²) in [5, 5.41) is 0. The maximum absolute atomic E-state index is 6.81. The highest BCUT2D eigenvalue weighted by atomic mass is 16.5. The quantitative estimate of drug-likeness (QED) is 0.218. The zero-order valence-corrected chi connectivity index (χ0v) is 29.8. The Balaban J connectivity index is 1.46. The SMILES string of the molecule is COc1ccc2cc1Oc1cc3c(cc1OC)CC[N+](C)(C)[C@@H]3Cc1ccc(cc1)Cc1c(OC)c(OC)cc3c1[C@H](C2)[N+](C)(C)CC3. The van der Waals surface area contributed by atoms with Gasteiger partial charge in [0.2, 0.25) is 0 Å². The number of methoxy groups -OCH3 is 4. The predicted octanol–water partition coefficient (Wildman–Crippen LogP) is 7.25. The molecule has 0 saturated carbocycles. The molecule has 0 aromatic heterocycles. The van der Waals surface area contributed by atoms with Crippen LogP contribution in [-0.2, 0) is 32.1 Å². The van der Waals surface area contributed by atoms with E-state index in [1.54, 1.807) is 28.4 Å². The second-order valence-electron chi connectivity index (χ2n) is 14.9. The number of fused-ring (bicyclic) bond motifs is 2. The van der Waals surface area contributed by atoms with Crippen LogP contribution < -0.4 is 23.7 Å². The molecule has 48 heavy (non-hydrogen) atoms. The number of hydrogen-bond donors (Lipinski definition) is 0. The molecule has 7 heteroatoms. The molecule has 6 bridgehead atoms. The lowest BCUT2D eigenvalue weighted by Gasteiger charge is -2.44. The van der Waals surface area contributed by atoms with E-state index in [0.29, 0.717) is 17.2 Å². The van der Waals surface area contributed by atoms with Gasteiger partial charge in [0.25, 0.3) is 0 Å². The van der Waals surface area contributed by atoms with Crippen LogP contribution >= 0.6 is 0 Å². The summed E-state index contributed by atoms with van der Waals surface area (Å²) in [6.07, 6.45) is 4.51. The van der Waals surface area contributed by atoms with Gasteiger partial charge in [-0.3, -0.25) is 0 Å². The van der Waals surface area contributed by atoms with Gasteiger partial charge in [0, 0.05) is 48.8 Å². The molecule has 0 fully saturated rings. The average molecular weight is 651 g/mol. The van der Waals surface area contributed by atoms with Gasteiger partial charge in [-0.25, -0.2) is 0 Å². The molecule has 0 spiro atoms. The van der Waals surface area contributed by atoms with Gasteiger partial charge >= 0.3 is 0 Å². The minimum absolute atomic E-state index is 0.196. The number of hydrogen-bond acceptors (Lipinski definition) is 5. The third-order valence-corrected chi connectivity index (χ3v) is 11.3. The predicted molar refractivity (Wildman–Crippen MR) is 189 cm³/mol. The average Bonchev–Trinajstić information content (AvgIpc) is 3.07. The van der Waals surface area contributed by atoms with E-state index in [0.717, 1.165) is 71.4 Å². The van der Waals surface area contributed by atoms with E-state index in [-0.39, 0.29) is 12.1 Å². The summed E-state index contributed by atoms with van der Waals surface area (Å²) in [4.78, 5) is 0. The second kappa shape index (κ2) is 12.4. The monoisotopic (exact) mass is 650 g/mol. The number of benzene rings is 4. The number of likely N-dealkylation sites (N-methyl/N-ethyl adjacent to an activating group) is 2. The number of nitrogens with zero attached hydrogens (tertiary/aromatic N) is 2. The molecule has 4 aliphatic rings. The first-order valence-corrected chi connectivity index (χ1v) is 17.1. The molecule has 2 atom stereocenters. The number of ether oxygens (including phenoxy) is 5. The molecular weight excluding hydrogens is 600 g/mol. The minimum atomic E-state index is 0.196. The molecule has 252 valence electrons. The van der Waals surface area contributed by atoms with E-state index in [1.807, 2.05) is 6.07 Å². The highest BCUT2D eigenvalue weighted by Crippen LogP contribution is 2.48. The van der Waals surface area contributed by atoms with E-state index in [4.69, 9.17) is 23.7 Å². The van der Waals surface area contributed by atoms with Gasteiger partial charge in [0.15, 0.2) is 34.5 Å². The lowest BCUT2D eigenvalue weighted by Crippen LogP contribution is -2.49. The number of quaternary nitrogens is 2. The summed E-state index contributed by atoms with van der Waals surface area (Å²) < 4.78 is 32.5. The maximum atomic E-state index is 6.81. The van der Waals surface area contributed by atoms with Crippen LogP contribution in [-0.4, -0.2) is 78.7 Å². The molecule has 0 saturated heterocycles. The summed E-state index contributed by atoms with van der Waals surface area (Å²) in [7, 11) is 16.3. The van der Waals surface area contributed by atoms with Crippen LogP contribution in [0.3, 0.4) is 0 Å². The molecular formula is C41H50N2O5+2. The van der Waals surface area contributed by atoms with Crippen LogP contribution in [0.1, 0.15) is 56.6 Å². The molecule has 4 heterocycles. The Morgan fingerprint density at radius 3 is 1.85 bits per heavy atom. The summed E-state index contributed by atoms with van der Waals surface area (Å²) in [5.74, 6) is 4.49. The Morgan fingerprint density at radius 2 is 1.17 bits per heavy atom. The van der Waals surface area contributed by atoms with Gasteiger partial charge in [0.1, 0.15) is 12.1 Å². The Hall–Kier alpha value is -4.20. The van der Waals surface area contributed by atoms with Crippen LogP contribution in [0.5, 0.6) is 34.5 Å². The van der Waals surface area contributed by atoms with Crippen molar-refractivity contribution in [2.45, 2.75) is 44.2 Å². The van der Waals surface area contributed by atoms with Crippen LogP contribution in [0.25, 0.3) is 0 Å². The third kappa shape index (κ3) is 5.67. The Bertz CT molecular complexity index is 1850. The van der Waals surface area contributed by atoms with E-state index in [2.05, 4.69) is 82.8 Å². The molecule has 4 aromatic rings. The highest BCUT2D eigenvalue weighted by Gasteiger charge is 2.40. The molecule has 7 nitrogen and oxygen atoms in total. The minimum Gasteiger partial charge on any atom is -0.493 e. The first-order valence-electron chi connectivity index (χ1n) is 17.1. The standard InChI is InChI=1S/C41H50N2O5/c1-42(2)17-15-29-23-36(45-6)38-25-31(29)33(42)20-27-11-9-26(10-12-27)19-32-40-30(24-39(46-7)41(32)47-8)16-18-43(3,4)34(40)21-28-13-14-35(44-5)37(22-28)48-38/h9-14,22-25,33-34H,15-21H2,1-8H3/q+2/t33-,34+/m1/s1. The van der Waals surface area contributed by atoms with Crippen molar-refractivity contribution < 1.29 is 32.7 Å². The number of rotatable bonds is 4. The second-order valence-corrected chi connectivity index (χ2v) is 14.9. The molecule has 0 N–H and O–H groups in total. The lowest BCUT2D eigenvalue weighted by molar-refractivity contribution is -0.923. The van der Waals surface area contributed by atoms with Gasteiger partial charge < -0.3 is 32.7 Å². The normalized spacial score (nSPS) is 20.4. The first-order chi connectivity index (χ1) is 23.0. The zero-order valence-electron chi connectivity index (χ0n) is 29.8. The highest BCUT2D eigenvalue weighted by molar-refractivity contribution is 5.58. The molecule has 0 unspecified atom stereocenters. The third-order valence-electron chi connectivity index (χ3n) is 11.3. The Morgan fingerprint density at radius 1 is 0.583 bits per heavy atom. The fourth-order valence-corrected chi connectivity index (χ4v) is 8.37. The van der Waals surface area contributed by atoms with Crippen molar-refractivity contribution in [3.05, 3.63) is 105 Å². The van der Waals surface area contributed by atoms with Crippen molar-refractivity contribution in [3.63, 3.8) is 0 Å². The van der Waals surface area contributed by atoms with Crippen LogP contribution in [0.15, 0.2) is 60.7 Å². The van der Waals surface area contributed by atoms with Gasteiger partial charge in [-0.15, -0.1) is 0 Å². The zero-order chi connectivity index (χ0) is 33.8. The summed E-state index contributed by atoms with van der Waals surface area (Å²) in [5.41, 5.74) is 10.4. The summed E-state index contributed by atoms with van der Waals surface area (Å²) in [6.45, 7) is 2.09. The van der Waals surface area contributed by atoms with Crippen molar-refractivity contribution in [1.82, 2.24) is 0 Å². The molecule has 0 radical (unpaired) electrons. The van der Waals surface area contributed by atoms with E-state index >= 15 is 0 Å². The topological polar surface area (TPSA) is 46.2 Å². The largest absolute Gasteiger partial charge is 0.493 e. The lowest BCUT2D eigenvalue weighted by atomic mass is 9.81.